The average Bonchev–Trinajstić information content (AvgIpc) is 3.81. The fourth-order valence-electron chi connectivity index (χ4n) is 5.81. The summed E-state index contributed by atoms with van der Waals surface area (Å²) in [7, 11) is 6.57. The first kappa shape index (κ1) is 41.6. The minimum absolute atomic E-state index is 0. The molecule has 0 unspecified atom stereocenters. The normalized spacial score (nSPS) is 19.4. The van der Waals surface area contributed by atoms with E-state index in [0.29, 0.717) is 29.6 Å². The van der Waals surface area contributed by atoms with E-state index in [2.05, 4.69) is 35.7 Å². The summed E-state index contributed by atoms with van der Waals surface area (Å²) in [5, 5.41) is 21.6. The molecule has 4 atom stereocenters. The molecule has 54 heavy (non-hydrogen) atoms. The molecule has 0 bridgehead atoms. The van der Waals surface area contributed by atoms with E-state index in [9.17, 15) is 28.3 Å². The number of nitrogens with one attached hydrogen (secondary N) is 2. The first-order valence-corrected chi connectivity index (χ1v) is 16.7. The zero-order valence-corrected chi connectivity index (χ0v) is 31.4. The van der Waals surface area contributed by atoms with Gasteiger partial charge in [-0.25, -0.2) is 33.5 Å². The summed E-state index contributed by atoms with van der Waals surface area (Å²) in [6.45, 7) is 6.19. The minimum atomic E-state index is -1.43. The molecule has 2 N–H and O–H groups in total. The Morgan fingerprint density at radius 2 is 1.54 bits per heavy atom. The molecule has 6 rings (SSSR count). The van der Waals surface area contributed by atoms with Gasteiger partial charge in [0.05, 0.1) is 74.2 Å². The van der Waals surface area contributed by atoms with E-state index in [0.717, 1.165) is 17.1 Å². The molecule has 2 aliphatic heterocycles. The number of aryl methyl sites for hydroxylation is 1. The van der Waals surface area contributed by atoms with Crippen molar-refractivity contribution in [3.05, 3.63) is 54.5 Å². The van der Waals surface area contributed by atoms with Crippen molar-refractivity contribution in [2.75, 3.05) is 62.5 Å². The van der Waals surface area contributed by atoms with Crippen molar-refractivity contribution in [1.29, 1.82) is 0 Å². The molecule has 0 saturated carbocycles. The van der Waals surface area contributed by atoms with Crippen molar-refractivity contribution in [2.24, 2.45) is 7.05 Å². The van der Waals surface area contributed by atoms with Crippen LogP contribution in [0.2, 0.25) is 0 Å². The Morgan fingerprint density at radius 3 is 2.07 bits per heavy atom. The number of methoxy groups -OCH3 is 1. The van der Waals surface area contributed by atoms with E-state index in [-0.39, 0.29) is 55.9 Å². The number of carboxylic acids is 1. The quantitative estimate of drug-likeness (QED) is 0.200. The molecule has 2 aliphatic rings. The van der Waals surface area contributed by atoms with Crippen molar-refractivity contribution < 1.29 is 56.6 Å². The molecule has 2 amide bonds. The van der Waals surface area contributed by atoms with Gasteiger partial charge in [-0.05, 0) is 33.9 Å². The standard InChI is InChI=1S/C19H22FN7O2.C15H21FN4O4.Li/c1-21-16-10-27(9-12(16)20)18-7-22-15(6-23-18)19(28)24-14-4-11-8-26(2)25-13(11)5-17(14)29-3;1-15(2,3)24-14(23)19(4)11-8-20(7-9(11)16)12-6-17-10(5-18-12)13(21)22;/h4-8,12,16,21H,9-10H2,1-3H3,(H,24,28);5-6,9,11H,7-8H2,1-4H3,(H,21,22);/q;;+1/p-1/t12-,16+;9-,11+;/m00./s1. The van der Waals surface area contributed by atoms with Gasteiger partial charge in [0.2, 0.25) is 0 Å². The number of aromatic carboxylic acids is 1. The minimum Gasteiger partial charge on any atom is -0.543 e. The summed E-state index contributed by atoms with van der Waals surface area (Å²) in [6.07, 6.45) is 4.17. The summed E-state index contributed by atoms with van der Waals surface area (Å²) < 4.78 is 40.6. The van der Waals surface area contributed by atoms with Crippen LogP contribution in [0.25, 0.3) is 10.9 Å². The molecule has 4 aromatic rings. The second kappa shape index (κ2) is 17.3. The van der Waals surface area contributed by atoms with Gasteiger partial charge in [-0.2, -0.15) is 5.10 Å². The predicted molar refractivity (Wildman–Crippen MR) is 188 cm³/mol. The number of ether oxygens (including phenoxy) is 2. The largest absolute Gasteiger partial charge is 1.00 e. The van der Waals surface area contributed by atoms with Crippen molar-refractivity contribution >= 4 is 46.2 Å². The second-order valence-electron chi connectivity index (χ2n) is 13.6. The molecule has 5 heterocycles. The molecule has 2 fully saturated rings. The van der Waals surface area contributed by atoms with E-state index in [4.69, 9.17) is 9.47 Å². The number of anilines is 3. The number of fused-ring (bicyclic) bond motifs is 1. The van der Waals surface area contributed by atoms with E-state index < -0.39 is 42.0 Å². The molecule has 2 saturated heterocycles. The Hall–Kier alpha value is -5.12. The van der Waals surface area contributed by atoms with Gasteiger partial charge < -0.3 is 44.7 Å². The molecule has 3 aromatic heterocycles. The van der Waals surface area contributed by atoms with Crippen LogP contribution < -0.4 is 49.1 Å². The molecule has 284 valence electrons. The summed E-state index contributed by atoms with van der Waals surface area (Å²) in [5.41, 5.74) is 0.478. The summed E-state index contributed by atoms with van der Waals surface area (Å²) in [6, 6.07) is 2.63. The maximum atomic E-state index is 14.3. The Bertz CT molecular complexity index is 1930. The Balaban J connectivity index is 0.000000241. The number of amides is 2. The molecule has 20 heteroatoms. The van der Waals surface area contributed by atoms with Crippen LogP contribution in [0.1, 0.15) is 41.7 Å². The number of rotatable bonds is 8. The maximum absolute atomic E-state index is 14.3. The summed E-state index contributed by atoms with van der Waals surface area (Å²) >= 11 is 0. The summed E-state index contributed by atoms with van der Waals surface area (Å²) in [5.74, 6) is -0.470. The number of nitrogens with zero attached hydrogens (tertiary/aromatic N) is 9. The third-order valence-corrected chi connectivity index (χ3v) is 8.57. The molecule has 0 aliphatic carbocycles. The van der Waals surface area contributed by atoms with Crippen LogP contribution in [0, 0.1) is 0 Å². The Morgan fingerprint density at radius 1 is 0.926 bits per heavy atom. The monoisotopic (exact) mass is 745 g/mol. The van der Waals surface area contributed by atoms with Gasteiger partial charge in [-0.1, -0.05) is 0 Å². The molecule has 0 radical (unpaired) electrons. The van der Waals surface area contributed by atoms with Crippen molar-refractivity contribution in [1.82, 2.24) is 39.9 Å². The fraction of sp³-hybridized carbons (Fsp3) is 0.471. The van der Waals surface area contributed by atoms with Gasteiger partial charge in [0.15, 0.2) is 0 Å². The van der Waals surface area contributed by atoms with Crippen molar-refractivity contribution in [3.8, 4) is 5.75 Å². The predicted octanol–water partition coefficient (Wildman–Crippen LogP) is -1.39. The van der Waals surface area contributed by atoms with Crippen molar-refractivity contribution in [2.45, 2.75) is 50.8 Å². The van der Waals surface area contributed by atoms with E-state index in [1.54, 1.807) is 54.4 Å². The number of carbonyl (C=O) groups excluding carboxylic acids is 3. The van der Waals surface area contributed by atoms with Gasteiger partial charge in [0, 0.05) is 44.8 Å². The van der Waals surface area contributed by atoms with Crippen LogP contribution in [-0.2, 0) is 11.8 Å². The maximum Gasteiger partial charge on any atom is 1.00 e. The van der Waals surface area contributed by atoms with E-state index >= 15 is 0 Å². The fourth-order valence-corrected chi connectivity index (χ4v) is 5.81. The van der Waals surface area contributed by atoms with Crippen molar-refractivity contribution in [3.63, 3.8) is 0 Å². The molecule has 17 nitrogen and oxygen atoms in total. The number of likely N-dealkylation sites (N-methyl/N-ethyl adjacent to an activating group) is 2. The number of benzene rings is 1. The van der Waals surface area contributed by atoms with Gasteiger partial charge in [0.25, 0.3) is 5.91 Å². The van der Waals surface area contributed by atoms with Crippen LogP contribution in [0.15, 0.2) is 43.1 Å². The van der Waals surface area contributed by atoms with Gasteiger partial charge in [-0.3, -0.25) is 9.48 Å². The van der Waals surface area contributed by atoms with Gasteiger partial charge in [-0.15, -0.1) is 0 Å². The van der Waals surface area contributed by atoms with Crippen LogP contribution >= 0.6 is 0 Å². The SMILES string of the molecule is CN(C(=O)OC(C)(C)C)[C@@H]1CN(c2cnc(C(=O)[O-])cn2)C[C@@H]1F.CN[C@@H]1CN(c2cnc(C(=O)Nc3cc4cn(C)nc4cc3OC)cn2)C[C@@H]1F.[Li+]. The number of halogens is 2. The van der Waals surface area contributed by atoms with Crippen LogP contribution in [0.4, 0.5) is 30.9 Å². The van der Waals surface area contributed by atoms with Crippen LogP contribution in [0.5, 0.6) is 5.75 Å². The van der Waals surface area contributed by atoms with E-state index in [1.165, 1.54) is 37.6 Å². The average molecular weight is 746 g/mol. The Labute approximate surface area is 322 Å². The topological polar surface area (TPSA) is 196 Å². The first-order chi connectivity index (χ1) is 25.1. The molecular formula is C34H42F2LiN11O6. The summed E-state index contributed by atoms with van der Waals surface area (Å²) in [4.78, 5) is 56.2. The Kier molecular flexibility index (Phi) is 13.4. The number of alkyl halides is 2. The van der Waals surface area contributed by atoms with Crippen LogP contribution in [0.3, 0.4) is 0 Å². The third-order valence-electron chi connectivity index (χ3n) is 8.57. The molecular weight excluding hydrogens is 703 g/mol. The third kappa shape index (κ3) is 9.89. The number of carbonyl (C=O) groups is 3. The second-order valence-corrected chi connectivity index (χ2v) is 13.6. The zero-order chi connectivity index (χ0) is 38.6. The number of carboxylic acid groups (broad SMARTS) is 1. The smallest absolute Gasteiger partial charge is 0.543 e. The number of aromatic nitrogens is 6. The number of hydrogen-bond acceptors (Lipinski definition) is 14. The van der Waals surface area contributed by atoms with E-state index in [1.807, 2.05) is 13.2 Å². The van der Waals surface area contributed by atoms with Crippen LogP contribution in [-0.4, -0.2) is 130 Å². The molecule has 1 aromatic carbocycles. The number of hydrogen-bond donors (Lipinski definition) is 2. The first-order valence-electron chi connectivity index (χ1n) is 16.7. The zero-order valence-electron chi connectivity index (χ0n) is 31.4. The van der Waals surface area contributed by atoms with Gasteiger partial charge >= 0.3 is 25.0 Å². The van der Waals surface area contributed by atoms with Gasteiger partial charge in [0.1, 0.15) is 46.7 Å². The molecule has 0 spiro atoms.